The van der Waals surface area contributed by atoms with Crippen LogP contribution in [0.25, 0.3) is 0 Å². The summed E-state index contributed by atoms with van der Waals surface area (Å²) in [6, 6.07) is 5.77. The van der Waals surface area contributed by atoms with Crippen LogP contribution in [0.4, 0.5) is 4.79 Å². The largest absolute Gasteiger partial charge is 1.00 e. The number of phenolic OH excluding ortho intramolecular Hbond substituents is 1. The van der Waals surface area contributed by atoms with E-state index in [1.54, 1.807) is 0 Å². The first-order valence-corrected chi connectivity index (χ1v) is 3.40. The quantitative estimate of drug-likeness (QED) is 0.492. The van der Waals surface area contributed by atoms with Crippen LogP contribution < -0.4 is 119 Å². The Bertz CT molecular complexity index is 324. The van der Waals surface area contributed by atoms with Gasteiger partial charge in [-0.15, -0.1) is 0 Å². The van der Waals surface area contributed by atoms with Crippen molar-refractivity contribution in [2.24, 2.45) is 5.73 Å². The normalized spacial score (nSPS) is 7.25. The first kappa shape index (κ1) is 22.2. The zero-order chi connectivity index (χ0) is 11.1. The van der Waals surface area contributed by atoms with Crippen molar-refractivity contribution in [1.82, 2.24) is 0 Å². The molecule has 3 N–H and O–H groups in total. The fourth-order valence-electron chi connectivity index (χ4n) is 0.626. The molecule has 0 aromatic heterocycles. The molecular formula is C8H7K2NO5. The monoisotopic (exact) mass is 275 g/mol. The Hall–Kier alpha value is 1.03. The molecule has 0 saturated heterocycles. The van der Waals surface area contributed by atoms with E-state index in [9.17, 15) is 4.79 Å². The fourth-order valence-corrected chi connectivity index (χ4v) is 0.626. The van der Waals surface area contributed by atoms with Gasteiger partial charge in [0.25, 0.3) is 0 Å². The Labute approximate surface area is 177 Å². The van der Waals surface area contributed by atoms with E-state index in [0.717, 1.165) is 0 Å². The molecule has 1 aromatic rings. The van der Waals surface area contributed by atoms with Crippen LogP contribution in [-0.2, 0) is 0 Å². The molecule has 0 atom stereocenters. The van der Waals surface area contributed by atoms with Gasteiger partial charge in [-0.05, 0) is 30.4 Å². The molecule has 0 fully saturated rings. The van der Waals surface area contributed by atoms with Crippen molar-refractivity contribution in [2.45, 2.75) is 0 Å². The van der Waals surface area contributed by atoms with Crippen LogP contribution in [0.1, 0.15) is 10.4 Å². The topological polar surface area (TPSA) is 127 Å². The summed E-state index contributed by atoms with van der Waals surface area (Å²) in [6.45, 7) is 0. The zero-order valence-corrected chi connectivity index (χ0v) is 15.2. The minimum absolute atomic E-state index is 0. The number of primary amides is 1. The molecule has 16 heavy (non-hydrogen) atoms. The molecule has 0 aliphatic rings. The third kappa shape index (κ3) is 13.1. The average molecular weight is 275 g/mol. The number of carboxylic acid groups (broad SMARTS) is 2. The predicted molar refractivity (Wildman–Crippen MR) is 42.0 cm³/mol. The van der Waals surface area contributed by atoms with Gasteiger partial charge in [0.1, 0.15) is 5.75 Å². The van der Waals surface area contributed by atoms with Crippen LogP contribution in [0, 0.1) is 0 Å². The number of benzene rings is 1. The Morgan fingerprint density at radius 1 is 1.06 bits per heavy atom. The van der Waals surface area contributed by atoms with Crippen LogP contribution in [-0.4, -0.2) is 17.2 Å². The second-order valence-electron chi connectivity index (χ2n) is 2.16. The maximum absolute atomic E-state index is 10.5. The van der Waals surface area contributed by atoms with Crippen LogP contribution in [0.15, 0.2) is 24.3 Å². The molecule has 0 spiro atoms. The summed E-state index contributed by atoms with van der Waals surface area (Å²) in [6.07, 6.45) is -2.33. The van der Waals surface area contributed by atoms with Crippen molar-refractivity contribution in [3.63, 3.8) is 0 Å². The minimum atomic E-state index is -2.33. The fraction of sp³-hybridized carbons (Fsp3) is 0. The summed E-state index contributed by atoms with van der Waals surface area (Å²) >= 11 is 0. The number of phenols is 1. The van der Waals surface area contributed by atoms with Crippen LogP contribution >= 0.6 is 0 Å². The average Bonchev–Trinajstić information content (AvgIpc) is 2.03. The van der Waals surface area contributed by atoms with Gasteiger partial charge in [-0.25, -0.2) is 0 Å². The van der Waals surface area contributed by atoms with Crippen molar-refractivity contribution < 1.29 is 128 Å². The molecule has 0 bridgehead atoms. The summed E-state index contributed by atoms with van der Waals surface area (Å²) in [5.74, 6) is -0.356. The van der Waals surface area contributed by atoms with Gasteiger partial charge in [0, 0.05) is 5.56 Å². The van der Waals surface area contributed by atoms with Gasteiger partial charge in [0.2, 0.25) is 5.91 Å². The number of hydrogen-bond donors (Lipinski definition) is 2. The van der Waals surface area contributed by atoms with E-state index >= 15 is 0 Å². The Morgan fingerprint density at radius 3 is 1.62 bits per heavy atom. The van der Waals surface area contributed by atoms with Crippen LogP contribution in [0.3, 0.4) is 0 Å². The molecule has 0 aliphatic carbocycles. The van der Waals surface area contributed by atoms with Crippen LogP contribution in [0.2, 0.25) is 0 Å². The molecular weight excluding hydrogens is 268 g/mol. The Morgan fingerprint density at radius 2 is 1.38 bits per heavy atom. The third-order valence-electron chi connectivity index (χ3n) is 1.15. The smallest absolute Gasteiger partial charge is 0.652 e. The molecule has 76 valence electrons. The molecule has 0 radical (unpaired) electrons. The van der Waals surface area contributed by atoms with Gasteiger partial charge < -0.3 is 25.8 Å². The van der Waals surface area contributed by atoms with Gasteiger partial charge in [-0.1, -0.05) is 0 Å². The number of hydrogen-bond acceptors (Lipinski definition) is 5. The van der Waals surface area contributed by atoms with Gasteiger partial charge in [0.15, 0.2) is 0 Å². The van der Waals surface area contributed by atoms with Gasteiger partial charge in [-0.3, -0.25) is 4.79 Å². The molecule has 0 aliphatic heterocycles. The molecule has 0 saturated carbocycles. The van der Waals surface area contributed by atoms with Crippen molar-refractivity contribution in [1.29, 1.82) is 0 Å². The second-order valence-corrected chi connectivity index (χ2v) is 2.16. The SMILES string of the molecule is NC(=O)c1ccc(O)cc1.O=C([O-])[O-].[K+].[K+]. The van der Waals surface area contributed by atoms with E-state index in [-0.39, 0.29) is 109 Å². The molecule has 1 aromatic carbocycles. The van der Waals surface area contributed by atoms with Gasteiger partial charge in [-0.2, -0.15) is 0 Å². The minimum Gasteiger partial charge on any atom is -0.652 e. The van der Waals surface area contributed by atoms with E-state index in [1.807, 2.05) is 0 Å². The molecule has 1 rings (SSSR count). The Kier molecular flexibility index (Phi) is 17.4. The summed E-state index contributed by atoms with van der Waals surface area (Å²) in [5.41, 5.74) is 5.34. The van der Waals surface area contributed by atoms with E-state index in [0.29, 0.717) is 5.56 Å². The number of rotatable bonds is 1. The first-order chi connectivity index (χ1) is 6.43. The molecule has 8 heteroatoms. The third-order valence-corrected chi connectivity index (χ3v) is 1.15. The number of carbonyl (C=O) groups excluding carboxylic acids is 2. The number of amides is 1. The summed E-state index contributed by atoms with van der Waals surface area (Å²) in [7, 11) is 0. The van der Waals surface area contributed by atoms with Crippen LogP contribution in [0.5, 0.6) is 5.75 Å². The number of aromatic hydroxyl groups is 1. The van der Waals surface area contributed by atoms with E-state index in [4.69, 9.17) is 25.8 Å². The van der Waals surface area contributed by atoms with Gasteiger partial charge in [0.05, 0.1) is 0 Å². The number of nitrogens with two attached hydrogens (primary N) is 1. The molecule has 0 unspecified atom stereocenters. The first-order valence-electron chi connectivity index (χ1n) is 3.40. The van der Waals surface area contributed by atoms with Crippen molar-refractivity contribution >= 4 is 12.1 Å². The maximum Gasteiger partial charge on any atom is 1.00 e. The standard InChI is InChI=1S/C7H7NO2.CH2O3.2K/c8-7(10)5-1-3-6(9)4-2-5;2-1(3)4;;/h1-4,9H,(H2,8,10);(H2,2,3,4);;/q;;2*+1/p-2. The Balaban J connectivity index is -0.000000249. The van der Waals surface area contributed by atoms with Crippen molar-refractivity contribution in [3.05, 3.63) is 29.8 Å². The predicted octanol–water partition coefficient (Wildman–Crippen LogP) is -7.95. The summed E-state index contributed by atoms with van der Waals surface area (Å²) in [4.78, 5) is 18.8. The molecule has 1 amide bonds. The van der Waals surface area contributed by atoms with E-state index < -0.39 is 12.1 Å². The van der Waals surface area contributed by atoms with E-state index in [2.05, 4.69) is 0 Å². The maximum atomic E-state index is 10.5. The summed E-state index contributed by atoms with van der Waals surface area (Å²) < 4.78 is 0. The van der Waals surface area contributed by atoms with Gasteiger partial charge >= 0.3 is 103 Å². The molecule has 6 nitrogen and oxygen atoms in total. The van der Waals surface area contributed by atoms with E-state index in [1.165, 1.54) is 24.3 Å². The van der Waals surface area contributed by atoms with Crippen molar-refractivity contribution in [2.75, 3.05) is 0 Å². The molecule has 0 heterocycles. The number of carbonyl (C=O) groups is 2. The summed E-state index contributed by atoms with van der Waals surface area (Å²) in [5, 5.41) is 25.5. The van der Waals surface area contributed by atoms with Crippen molar-refractivity contribution in [3.8, 4) is 5.75 Å². The second kappa shape index (κ2) is 12.5. The zero-order valence-electron chi connectivity index (χ0n) is 8.97.